The summed E-state index contributed by atoms with van der Waals surface area (Å²) in [5, 5.41) is 21.9. The van der Waals surface area contributed by atoms with E-state index in [0.29, 0.717) is 26.3 Å². The first-order valence-corrected chi connectivity index (χ1v) is 3.86. The minimum Gasteiger partial charge on any atom is -0.313 e. The third-order valence-electron chi connectivity index (χ3n) is 1.22. The van der Waals surface area contributed by atoms with Gasteiger partial charge in [-0.15, -0.1) is 0 Å². The van der Waals surface area contributed by atoms with Gasteiger partial charge in [-0.1, -0.05) is 0 Å². The van der Waals surface area contributed by atoms with Gasteiger partial charge in [0.2, 0.25) is 0 Å². The summed E-state index contributed by atoms with van der Waals surface area (Å²) in [6.45, 7) is 3.40. The molecule has 0 aromatic carbocycles. The van der Waals surface area contributed by atoms with Crippen molar-refractivity contribution in [2.45, 2.75) is 0 Å². The van der Waals surface area contributed by atoms with Crippen molar-refractivity contribution in [3.63, 3.8) is 0 Å². The lowest BCUT2D eigenvalue weighted by Gasteiger charge is -2.04. The van der Waals surface area contributed by atoms with E-state index in [-0.39, 0.29) is 0 Å². The summed E-state index contributed by atoms with van der Waals surface area (Å²) in [4.78, 5) is 7.70. The van der Waals surface area contributed by atoms with Crippen molar-refractivity contribution in [3.8, 4) is 0 Å². The fraction of sp³-hybridized carbons (Fsp3) is 1.00. The maximum absolute atomic E-state index is 7.94. The van der Waals surface area contributed by atoms with E-state index in [4.69, 9.17) is 10.5 Å². The lowest BCUT2D eigenvalue weighted by Crippen LogP contribution is -2.31. The third kappa shape index (κ3) is 9.76. The molecule has 0 unspecified atom stereocenters. The molecule has 0 aliphatic rings. The molecule has 0 saturated carbocycles. The zero-order valence-electron chi connectivity index (χ0n) is 6.95. The van der Waals surface area contributed by atoms with Crippen LogP contribution in [0.1, 0.15) is 0 Å². The van der Waals surface area contributed by atoms with Gasteiger partial charge in [-0.2, -0.15) is 0 Å². The topological polar surface area (TPSA) is 83.0 Å². The van der Waals surface area contributed by atoms with Gasteiger partial charge in [0.05, 0.1) is 13.2 Å². The lowest BCUT2D eigenvalue weighted by molar-refractivity contribution is -0.240. The van der Waals surface area contributed by atoms with Crippen LogP contribution in [0.3, 0.4) is 0 Å². The van der Waals surface area contributed by atoms with Crippen molar-refractivity contribution in [1.29, 1.82) is 0 Å². The van der Waals surface area contributed by atoms with Crippen molar-refractivity contribution in [3.05, 3.63) is 0 Å². The standard InChI is InChI=1S/C6H16N2O4/c9-11-5-3-7-1-2-8-4-6-12-10/h7-10H,1-6H2. The van der Waals surface area contributed by atoms with E-state index in [9.17, 15) is 0 Å². The highest BCUT2D eigenvalue weighted by atomic mass is 17.1. The Morgan fingerprint density at radius 3 is 1.50 bits per heavy atom. The predicted octanol–water partition coefficient (Wildman–Crippen LogP) is -0.855. The number of rotatable bonds is 9. The number of hydrogen-bond donors (Lipinski definition) is 4. The van der Waals surface area contributed by atoms with Crippen LogP contribution in [-0.4, -0.2) is 49.9 Å². The van der Waals surface area contributed by atoms with Crippen molar-refractivity contribution in [2.75, 3.05) is 39.4 Å². The summed E-state index contributed by atoms with van der Waals surface area (Å²) in [5.41, 5.74) is 0. The molecule has 0 saturated heterocycles. The molecule has 74 valence electrons. The first kappa shape index (κ1) is 11.8. The monoisotopic (exact) mass is 180 g/mol. The van der Waals surface area contributed by atoms with Crippen LogP contribution in [0.15, 0.2) is 0 Å². The van der Waals surface area contributed by atoms with E-state index >= 15 is 0 Å². The summed E-state index contributed by atoms with van der Waals surface area (Å²) in [6.07, 6.45) is 0. The Balaban J connectivity index is 2.73. The maximum atomic E-state index is 7.94. The zero-order chi connectivity index (χ0) is 9.07. The molecule has 0 spiro atoms. The maximum Gasteiger partial charge on any atom is 0.0944 e. The summed E-state index contributed by atoms with van der Waals surface area (Å²) in [6, 6.07) is 0. The smallest absolute Gasteiger partial charge is 0.0944 e. The first-order valence-electron chi connectivity index (χ1n) is 3.86. The molecule has 0 aliphatic heterocycles. The molecule has 0 aromatic rings. The Morgan fingerprint density at radius 2 is 1.17 bits per heavy atom. The normalized spacial score (nSPS) is 10.5. The lowest BCUT2D eigenvalue weighted by atomic mass is 10.5. The van der Waals surface area contributed by atoms with E-state index in [1.165, 1.54) is 0 Å². The highest BCUT2D eigenvalue weighted by molar-refractivity contribution is 4.50. The second-order valence-electron chi connectivity index (χ2n) is 2.17. The summed E-state index contributed by atoms with van der Waals surface area (Å²) < 4.78 is 0. The van der Waals surface area contributed by atoms with Crippen molar-refractivity contribution in [1.82, 2.24) is 10.6 Å². The Labute approximate surface area is 71.3 Å². The second kappa shape index (κ2) is 10.8. The van der Waals surface area contributed by atoms with Gasteiger partial charge in [-0.05, 0) is 0 Å². The Hall–Kier alpha value is -0.240. The van der Waals surface area contributed by atoms with Crippen molar-refractivity contribution >= 4 is 0 Å². The molecule has 0 aromatic heterocycles. The van der Waals surface area contributed by atoms with Crippen LogP contribution in [-0.2, 0) is 9.78 Å². The average Bonchev–Trinajstić information content (AvgIpc) is 2.10. The summed E-state index contributed by atoms with van der Waals surface area (Å²) >= 11 is 0. The van der Waals surface area contributed by atoms with Gasteiger partial charge in [-0.3, -0.25) is 10.5 Å². The van der Waals surface area contributed by atoms with Gasteiger partial charge in [0.25, 0.3) is 0 Å². The molecule has 4 N–H and O–H groups in total. The van der Waals surface area contributed by atoms with Gasteiger partial charge in [0, 0.05) is 26.2 Å². The van der Waals surface area contributed by atoms with Crippen LogP contribution in [0.4, 0.5) is 0 Å². The van der Waals surface area contributed by atoms with E-state index in [0.717, 1.165) is 13.1 Å². The quantitative estimate of drug-likeness (QED) is 0.210. The average molecular weight is 180 g/mol. The van der Waals surface area contributed by atoms with Gasteiger partial charge >= 0.3 is 0 Å². The Bertz CT molecular complexity index is 73.9. The third-order valence-corrected chi connectivity index (χ3v) is 1.22. The minimum absolute atomic E-state index is 0.291. The molecule has 0 radical (unpaired) electrons. The highest BCUT2D eigenvalue weighted by Crippen LogP contribution is 1.65. The van der Waals surface area contributed by atoms with Crippen LogP contribution >= 0.6 is 0 Å². The fourth-order valence-electron chi connectivity index (χ4n) is 0.662. The first-order chi connectivity index (χ1) is 5.91. The summed E-state index contributed by atoms with van der Waals surface area (Å²) in [5.74, 6) is 0. The molecule has 0 heterocycles. The van der Waals surface area contributed by atoms with E-state index in [2.05, 4.69) is 20.4 Å². The second-order valence-corrected chi connectivity index (χ2v) is 2.17. The molecule has 6 heteroatoms. The molecule has 12 heavy (non-hydrogen) atoms. The van der Waals surface area contributed by atoms with E-state index < -0.39 is 0 Å². The van der Waals surface area contributed by atoms with Crippen LogP contribution in [0.25, 0.3) is 0 Å². The zero-order valence-corrected chi connectivity index (χ0v) is 6.95. The minimum atomic E-state index is 0.291. The Morgan fingerprint density at radius 1 is 0.750 bits per heavy atom. The number of nitrogens with one attached hydrogen (secondary N) is 2. The van der Waals surface area contributed by atoms with Crippen molar-refractivity contribution in [2.24, 2.45) is 0 Å². The van der Waals surface area contributed by atoms with E-state index in [1.54, 1.807) is 0 Å². The highest BCUT2D eigenvalue weighted by Gasteiger charge is 1.87. The molecular formula is C6H16N2O4. The summed E-state index contributed by atoms with van der Waals surface area (Å²) in [7, 11) is 0. The van der Waals surface area contributed by atoms with Crippen LogP contribution < -0.4 is 10.6 Å². The molecule has 0 atom stereocenters. The van der Waals surface area contributed by atoms with Crippen molar-refractivity contribution < 1.29 is 20.3 Å². The molecule has 6 nitrogen and oxygen atoms in total. The van der Waals surface area contributed by atoms with Crippen LogP contribution in [0.5, 0.6) is 0 Å². The van der Waals surface area contributed by atoms with Gasteiger partial charge in [0.15, 0.2) is 0 Å². The van der Waals surface area contributed by atoms with Crippen LogP contribution in [0, 0.1) is 0 Å². The predicted molar refractivity (Wildman–Crippen MR) is 42.9 cm³/mol. The van der Waals surface area contributed by atoms with Gasteiger partial charge in [-0.25, -0.2) is 9.78 Å². The molecule has 0 bridgehead atoms. The fourth-order valence-corrected chi connectivity index (χ4v) is 0.662. The van der Waals surface area contributed by atoms with Gasteiger partial charge in [0.1, 0.15) is 0 Å². The molecule has 0 rings (SSSR count). The number of hydrogen-bond acceptors (Lipinski definition) is 6. The molecule has 0 aliphatic carbocycles. The molecule has 0 fully saturated rings. The Kier molecular flexibility index (Phi) is 10.5. The van der Waals surface area contributed by atoms with Gasteiger partial charge < -0.3 is 10.6 Å². The SMILES string of the molecule is OOCCNCCNCCOO. The molecule has 0 amide bonds. The largest absolute Gasteiger partial charge is 0.313 e. The molecular weight excluding hydrogens is 164 g/mol. The van der Waals surface area contributed by atoms with E-state index in [1.807, 2.05) is 0 Å². The van der Waals surface area contributed by atoms with Crippen LogP contribution in [0.2, 0.25) is 0 Å².